The van der Waals surface area contributed by atoms with Gasteiger partial charge in [-0.25, -0.2) is 9.97 Å². The summed E-state index contributed by atoms with van der Waals surface area (Å²) >= 11 is 14.2. The van der Waals surface area contributed by atoms with E-state index < -0.39 is 0 Å². The average Bonchev–Trinajstić information content (AvgIpc) is 3.90. The lowest BCUT2D eigenvalue weighted by atomic mass is 9.98. The molecule has 7 rings (SSSR count). The normalized spacial score (nSPS) is 16.0. The largest absolute Gasteiger partial charge is 0.480 e. The van der Waals surface area contributed by atoms with E-state index in [4.69, 9.17) is 57.0 Å². The first-order valence-electron chi connectivity index (χ1n) is 18.0. The second kappa shape index (κ2) is 17.0. The molecule has 2 fully saturated rings. The molecule has 2 aliphatic heterocycles. The Kier molecular flexibility index (Phi) is 11.7. The molecule has 0 spiro atoms. The number of carbonyl (C=O) groups is 2. The molecule has 5 heterocycles. The van der Waals surface area contributed by atoms with Gasteiger partial charge in [-0.3, -0.25) is 19.6 Å². The second-order valence-electron chi connectivity index (χ2n) is 13.4. The average molecular weight is 771 g/mol. The Labute approximate surface area is 323 Å². The maximum Gasteiger partial charge on any atom is 0.257 e. The second-order valence-corrected chi connectivity index (χ2v) is 14.2. The van der Waals surface area contributed by atoms with Gasteiger partial charge in [0, 0.05) is 60.4 Å². The van der Waals surface area contributed by atoms with Gasteiger partial charge < -0.3 is 29.4 Å². The number of methoxy groups -OCH3 is 2. The Balaban J connectivity index is 1.04. The van der Waals surface area contributed by atoms with Crippen LogP contribution in [0.2, 0.25) is 10.0 Å². The van der Waals surface area contributed by atoms with Gasteiger partial charge >= 0.3 is 0 Å². The van der Waals surface area contributed by atoms with Gasteiger partial charge in [-0.15, -0.1) is 0 Å². The van der Waals surface area contributed by atoms with Crippen LogP contribution in [-0.4, -0.2) is 76.0 Å². The van der Waals surface area contributed by atoms with Crippen molar-refractivity contribution in [1.29, 1.82) is 0 Å². The van der Waals surface area contributed by atoms with Crippen LogP contribution >= 0.6 is 23.2 Å². The van der Waals surface area contributed by atoms with Crippen LogP contribution in [0.25, 0.3) is 33.6 Å². The number of likely N-dealkylation sites (tertiary alicyclic amines) is 1. The van der Waals surface area contributed by atoms with Crippen LogP contribution in [0.4, 0.5) is 0 Å². The number of hydrogen-bond donors (Lipinski definition) is 2. The molecule has 14 heteroatoms. The third kappa shape index (κ3) is 8.20. The number of ether oxygens (including phenoxy) is 2. The van der Waals surface area contributed by atoms with Crippen LogP contribution in [0.5, 0.6) is 11.8 Å². The minimum Gasteiger partial charge on any atom is -0.480 e. The maximum absolute atomic E-state index is 12.7. The lowest BCUT2D eigenvalue weighted by molar-refractivity contribution is -0.119. The zero-order valence-corrected chi connectivity index (χ0v) is 31.6. The number of nitrogens with one attached hydrogen (secondary N) is 2. The first kappa shape index (κ1) is 37.3. The molecular weight excluding hydrogens is 729 g/mol. The Morgan fingerprint density at radius 3 is 2.07 bits per heavy atom. The monoisotopic (exact) mass is 769 g/mol. The highest BCUT2D eigenvalue weighted by Crippen LogP contribution is 2.42. The molecular formula is C40H41Cl2N7O5. The number of aromatic nitrogens is 4. The molecule has 2 aromatic carbocycles. The third-order valence-corrected chi connectivity index (χ3v) is 10.8. The van der Waals surface area contributed by atoms with Gasteiger partial charge in [0.05, 0.1) is 59.9 Å². The minimum absolute atomic E-state index is 0.0107. The SMILES string of the molecule is COc1nc(-c2cccc(-c3cccc(-c4cnc(CNC5CCN(C(=O)c6ccoc6)CC5)c(OC)n4)c3Cl)c2Cl)cnc1CCC[C@@H]1CCC(=O)N1. The van der Waals surface area contributed by atoms with E-state index in [2.05, 4.69) is 10.6 Å². The first-order valence-corrected chi connectivity index (χ1v) is 18.8. The lowest BCUT2D eigenvalue weighted by Gasteiger charge is -2.32. The molecule has 2 amide bonds. The fourth-order valence-corrected chi connectivity index (χ4v) is 7.70. The quantitative estimate of drug-likeness (QED) is 0.126. The van der Waals surface area contributed by atoms with E-state index in [0.29, 0.717) is 88.1 Å². The Morgan fingerprint density at radius 1 is 0.889 bits per heavy atom. The molecule has 0 aliphatic carbocycles. The summed E-state index contributed by atoms with van der Waals surface area (Å²) in [5.41, 5.74) is 5.95. The predicted octanol–water partition coefficient (Wildman–Crippen LogP) is 7.18. The molecule has 2 N–H and O–H groups in total. The Hall–Kier alpha value is -5.04. The van der Waals surface area contributed by atoms with E-state index in [9.17, 15) is 9.59 Å². The van der Waals surface area contributed by atoms with Crippen LogP contribution in [0.3, 0.4) is 0 Å². The third-order valence-electron chi connectivity index (χ3n) is 10.0. The van der Waals surface area contributed by atoms with Crippen LogP contribution < -0.4 is 20.1 Å². The van der Waals surface area contributed by atoms with Crippen molar-refractivity contribution < 1.29 is 23.5 Å². The molecule has 1 atom stereocenters. The Bertz CT molecular complexity index is 2120. The van der Waals surface area contributed by atoms with E-state index in [-0.39, 0.29) is 23.9 Å². The lowest BCUT2D eigenvalue weighted by Crippen LogP contribution is -2.44. The van der Waals surface area contributed by atoms with Crippen LogP contribution in [-0.2, 0) is 17.8 Å². The number of amides is 2. The highest BCUT2D eigenvalue weighted by molar-refractivity contribution is 6.39. The Morgan fingerprint density at radius 2 is 1.50 bits per heavy atom. The number of furan rings is 1. The van der Waals surface area contributed by atoms with Crippen LogP contribution in [0.15, 0.2) is 71.8 Å². The van der Waals surface area contributed by atoms with E-state index in [1.54, 1.807) is 32.7 Å². The smallest absolute Gasteiger partial charge is 0.257 e. The van der Waals surface area contributed by atoms with Gasteiger partial charge in [-0.05, 0) is 44.6 Å². The summed E-state index contributed by atoms with van der Waals surface area (Å²) in [7, 11) is 3.15. The molecule has 0 radical (unpaired) electrons. The van der Waals surface area contributed by atoms with E-state index in [0.717, 1.165) is 48.9 Å². The molecule has 3 aromatic heterocycles. The molecule has 54 heavy (non-hydrogen) atoms. The van der Waals surface area contributed by atoms with Crippen molar-refractivity contribution in [2.45, 2.75) is 63.6 Å². The van der Waals surface area contributed by atoms with Crippen molar-refractivity contribution in [2.24, 2.45) is 0 Å². The zero-order chi connectivity index (χ0) is 37.6. The molecule has 2 aliphatic rings. The molecule has 2 saturated heterocycles. The van der Waals surface area contributed by atoms with Gasteiger partial charge in [0.2, 0.25) is 17.7 Å². The summed E-state index contributed by atoms with van der Waals surface area (Å²) in [6.07, 6.45) is 11.9. The number of nitrogens with zero attached hydrogens (tertiary/aromatic N) is 5. The molecule has 12 nitrogen and oxygen atoms in total. The predicted molar refractivity (Wildman–Crippen MR) is 206 cm³/mol. The van der Waals surface area contributed by atoms with Gasteiger partial charge in [-0.1, -0.05) is 59.6 Å². The van der Waals surface area contributed by atoms with E-state index in [1.807, 2.05) is 41.3 Å². The first-order chi connectivity index (χ1) is 26.3. The fourth-order valence-electron chi connectivity index (χ4n) is 7.06. The van der Waals surface area contributed by atoms with Gasteiger partial charge in [0.15, 0.2) is 0 Å². The summed E-state index contributed by atoms with van der Waals surface area (Å²) < 4.78 is 16.4. The van der Waals surface area contributed by atoms with Crippen LogP contribution in [0.1, 0.15) is 60.3 Å². The summed E-state index contributed by atoms with van der Waals surface area (Å²) in [6.45, 7) is 1.77. The van der Waals surface area contributed by atoms with Crippen molar-refractivity contribution in [3.8, 4) is 45.4 Å². The topological polar surface area (TPSA) is 145 Å². The number of carbonyl (C=O) groups excluding carboxylic acids is 2. The van der Waals surface area contributed by atoms with E-state index in [1.165, 1.54) is 12.5 Å². The summed E-state index contributed by atoms with van der Waals surface area (Å²) in [4.78, 5) is 45.0. The zero-order valence-electron chi connectivity index (χ0n) is 30.1. The minimum atomic E-state index is -0.0107. The van der Waals surface area contributed by atoms with Gasteiger partial charge in [0.25, 0.3) is 5.91 Å². The van der Waals surface area contributed by atoms with Crippen molar-refractivity contribution in [1.82, 2.24) is 35.5 Å². The highest BCUT2D eigenvalue weighted by Gasteiger charge is 2.25. The van der Waals surface area contributed by atoms with Crippen molar-refractivity contribution in [3.05, 3.63) is 94.4 Å². The van der Waals surface area contributed by atoms with Crippen molar-refractivity contribution in [3.63, 3.8) is 0 Å². The van der Waals surface area contributed by atoms with Gasteiger partial charge in [-0.2, -0.15) is 0 Å². The van der Waals surface area contributed by atoms with Crippen LogP contribution in [0, 0.1) is 0 Å². The van der Waals surface area contributed by atoms with Crippen molar-refractivity contribution >= 4 is 35.0 Å². The number of benzene rings is 2. The van der Waals surface area contributed by atoms with Gasteiger partial charge in [0.1, 0.15) is 17.7 Å². The molecule has 5 aromatic rings. The number of rotatable bonds is 13. The standard InChI is InChI=1S/C40H41Cl2N7O5/c1-52-38-31(11-3-6-26-12-13-35(50)46-26)44-20-32(47-38)29-9-4-7-27(36(29)41)28-8-5-10-30(37(28)42)33-21-45-34(39(48-33)53-2)22-43-25-14-17-49(18-15-25)40(51)24-16-19-54-23-24/h4-5,7-10,16,19-21,23,25-26,43H,3,6,11-15,17-18,22H2,1-2H3,(H,46,50)/t26-/m1/s1. The summed E-state index contributed by atoms with van der Waals surface area (Å²) in [5, 5.41) is 7.51. The number of aryl methyl sites for hydroxylation is 1. The maximum atomic E-state index is 12.7. The fraction of sp³-hybridized carbons (Fsp3) is 0.350. The number of hydrogen-bond acceptors (Lipinski definition) is 10. The van der Waals surface area contributed by atoms with E-state index >= 15 is 0 Å². The highest BCUT2D eigenvalue weighted by atomic mass is 35.5. The molecule has 280 valence electrons. The number of piperidine rings is 1. The summed E-state index contributed by atoms with van der Waals surface area (Å²) in [5.74, 6) is 0.950. The molecule has 0 saturated carbocycles. The summed E-state index contributed by atoms with van der Waals surface area (Å²) in [6, 6.07) is 13.5. The number of halogens is 2. The van der Waals surface area contributed by atoms with Crippen molar-refractivity contribution in [2.75, 3.05) is 27.3 Å². The molecule has 0 unspecified atom stereocenters. The molecule has 0 bridgehead atoms.